The van der Waals surface area contributed by atoms with Gasteiger partial charge in [0.2, 0.25) is 10.0 Å². The van der Waals surface area contributed by atoms with Gasteiger partial charge in [-0.15, -0.1) is 0 Å². The van der Waals surface area contributed by atoms with Gasteiger partial charge < -0.3 is 0 Å². The van der Waals surface area contributed by atoms with Crippen LogP contribution in [0.3, 0.4) is 0 Å². The molecule has 0 aromatic rings. The van der Waals surface area contributed by atoms with Crippen molar-refractivity contribution < 1.29 is 16.8 Å². The minimum atomic E-state index is -3.72. The summed E-state index contributed by atoms with van der Waals surface area (Å²) in [5.41, 5.74) is 0. The molecule has 1 N–H and O–H groups in total. The first-order valence-electron chi connectivity index (χ1n) is 4.91. The SMILES string of the molecule is CCC(CCBr)CNS(=O)(=O)CS(C)(=O)=O. The van der Waals surface area contributed by atoms with E-state index >= 15 is 0 Å². The summed E-state index contributed by atoms with van der Waals surface area (Å²) in [7, 11) is -7.22. The summed E-state index contributed by atoms with van der Waals surface area (Å²) >= 11 is 3.29. The second kappa shape index (κ2) is 6.93. The molecule has 0 radical (unpaired) electrons. The van der Waals surface area contributed by atoms with E-state index < -0.39 is 24.9 Å². The van der Waals surface area contributed by atoms with E-state index in [4.69, 9.17) is 0 Å². The molecule has 0 rings (SSSR count). The van der Waals surface area contributed by atoms with Crippen LogP contribution in [0.1, 0.15) is 19.8 Å². The predicted octanol–water partition coefficient (Wildman–Crippen LogP) is 0.719. The first-order chi connectivity index (χ1) is 7.20. The van der Waals surface area contributed by atoms with E-state index in [1.807, 2.05) is 6.92 Å². The van der Waals surface area contributed by atoms with Crippen molar-refractivity contribution in [2.75, 3.05) is 23.2 Å². The van der Waals surface area contributed by atoms with E-state index in [-0.39, 0.29) is 5.92 Å². The summed E-state index contributed by atoms with van der Waals surface area (Å²) in [6.07, 6.45) is 2.62. The zero-order chi connectivity index (χ0) is 12.8. The Balaban J connectivity index is 4.28. The summed E-state index contributed by atoms with van der Waals surface area (Å²) in [5, 5.41) is -0.0376. The molecule has 0 aromatic heterocycles. The van der Waals surface area contributed by atoms with Gasteiger partial charge in [0, 0.05) is 18.1 Å². The summed E-state index contributed by atoms with van der Waals surface area (Å²) < 4.78 is 46.8. The average molecular weight is 336 g/mol. The van der Waals surface area contributed by atoms with Gasteiger partial charge in [0.25, 0.3) is 0 Å². The van der Waals surface area contributed by atoms with Crippen molar-refractivity contribution in [3.8, 4) is 0 Å². The van der Waals surface area contributed by atoms with Crippen LogP contribution in [-0.2, 0) is 19.9 Å². The van der Waals surface area contributed by atoms with E-state index in [0.717, 1.165) is 24.4 Å². The smallest absolute Gasteiger partial charge is 0.226 e. The van der Waals surface area contributed by atoms with Crippen LogP contribution < -0.4 is 4.72 Å². The summed E-state index contributed by atoms with van der Waals surface area (Å²) in [4.78, 5) is 0. The molecule has 0 spiro atoms. The molecular formula is C8H18BrNO4S2. The number of halogens is 1. The van der Waals surface area contributed by atoms with Crippen molar-refractivity contribution in [2.24, 2.45) is 5.92 Å². The van der Waals surface area contributed by atoms with Crippen LogP contribution in [0.4, 0.5) is 0 Å². The first-order valence-corrected chi connectivity index (χ1v) is 9.74. The van der Waals surface area contributed by atoms with Gasteiger partial charge in [-0.25, -0.2) is 21.6 Å². The fourth-order valence-corrected chi connectivity index (χ4v) is 4.90. The molecule has 16 heavy (non-hydrogen) atoms. The largest absolute Gasteiger partial charge is 0.228 e. The van der Waals surface area contributed by atoms with Gasteiger partial charge in [0.15, 0.2) is 14.9 Å². The summed E-state index contributed by atoms with van der Waals surface area (Å²) in [6, 6.07) is 0. The molecule has 0 fully saturated rings. The van der Waals surface area contributed by atoms with Crippen LogP contribution >= 0.6 is 15.9 Å². The van der Waals surface area contributed by atoms with Gasteiger partial charge >= 0.3 is 0 Å². The van der Waals surface area contributed by atoms with Gasteiger partial charge in [0.1, 0.15) is 0 Å². The highest BCUT2D eigenvalue weighted by molar-refractivity contribution is 9.09. The van der Waals surface area contributed by atoms with Crippen molar-refractivity contribution in [1.29, 1.82) is 0 Å². The van der Waals surface area contributed by atoms with Crippen molar-refractivity contribution >= 4 is 35.8 Å². The van der Waals surface area contributed by atoms with E-state index in [1.54, 1.807) is 0 Å². The molecule has 0 aliphatic carbocycles. The number of hydrogen-bond acceptors (Lipinski definition) is 4. The summed E-state index contributed by atoms with van der Waals surface area (Å²) in [5.74, 6) is 0.230. The van der Waals surface area contributed by atoms with Crippen LogP contribution in [0.15, 0.2) is 0 Å². The average Bonchev–Trinajstić information content (AvgIpc) is 2.08. The van der Waals surface area contributed by atoms with Crippen molar-refractivity contribution in [2.45, 2.75) is 19.8 Å². The van der Waals surface area contributed by atoms with Gasteiger partial charge in [-0.3, -0.25) is 0 Å². The molecular weight excluding hydrogens is 318 g/mol. The predicted molar refractivity (Wildman–Crippen MR) is 68.8 cm³/mol. The lowest BCUT2D eigenvalue weighted by Crippen LogP contribution is -2.33. The number of sulfone groups is 1. The zero-order valence-electron chi connectivity index (χ0n) is 9.44. The highest BCUT2D eigenvalue weighted by Crippen LogP contribution is 2.09. The quantitative estimate of drug-likeness (QED) is 0.663. The van der Waals surface area contributed by atoms with E-state index in [0.29, 0.717) is 6.54 Å². The zero-order valence-corrected chi connectivity index (χ0v) is 12.7. The Bertz CT molecular complexity index is 390. The van der Waals surface area contributed by atoms with E-state index in [9.17, 15) is 16.8 Å². The number of rotatable bonds is 8. The highest BCUT2D eigenvalue weighted by Gasteiger charge is 2.18. The Kier molecular flexibility index (Phi) is 7.07. The molecule has 98 valence electrons. The Labute approximate surface area is 106 Å². The Morgan fingerprint density at radius 2 is 1.81 bits per heavy atom. The molecule has 0 bridgehead atoms. The maximum atomic E-state index is 11.4. The fraction of sp³-hybridized carbons (Fsp3) is 1.00. The van der Waals surface area contributed by atoms with Crippen LogP contribution in [-0.4, -0.2) is 40.1 Å². The Hall–Kier alpha value is 0.340. The van der Waals surface area contributed by atoms with Gasteiger partial charge in [-0.05, 0) is 12.3 Å². The number of alkyl halides is 1. The maximum Gasteiger partial charge on any atom is 0.226 e. The van der Waals surface area contributed by atoms with Crippen LogP contribution in [0.5, 0.6) is 0 Å². The lowest BCUT2D eigenvalue weighted by Gasteiger charge is -2.14. The molecule has 0 aromatic carbocycles. The molecule has 0 aliphatic heterocycles. The molecule has 0 heterocycles. The van der Waals surface area contributed by atoms with Crippen molar-refractivity contribution in [3.63, 3.8) is 0 Å². The highest BCUT2D eigenvalue weighted by atomic mass is 79.9. The van der Waals surface area contributed by atoms with Gasteiger partial charge in [-0.1, -0.05) is 29.3 Å². The Morgan fingerprint density at radius 3 is 2.19 bits per heavy atom. The lowest BCUT2D eigenvalue weighted by molar-refractivity contribution is 0.484. The maximum absolute atomic E-state index is 11.4. The second-order valence-electron chi connectivity index (χ2n) is 3.76. The topological polar surface area (TPSA) is 80.3 Å². The fourth-order valence-electron chi connectivity index (χ4n) is 1.17. The Morgan fingerprint density at radius 1 is 1.25 bits per heavy atom. The molecule has 0 saturated carbocycles. The molecule has 8 heteroatoms. The van der Waals surface area contributed by atoms with Gasteiger partial charge in [0.05, 0.1) is 0 Å². The second-order valence-corrected chi connectivity index (χ2v) is 8.86. The molecule has 1 atom stereocenters. The molecule has 1 unspecified atom stereocenters. The minimum absolute atomic E-state index is 0.230. The third-order valence-electron chi connectivity index (χ3n) is 2.06. The molecule has 5 nitrogen and oxygen atoms in total. The van der Waals surface area contributed by atoms with Crippen molar-refractivity contribution in [3.05, 3.63) is 0 Å². The normalized spacial score (nSPS) is 14.9. The van der Waals surface area contributed by atoms with Crippen molar-refractivity contribution in [1.82, 2.24) is 4.72 Å². The van der Waals surface area contributed by atoms with E-state index in [2.05, 4.69) is 20.7 Å². The van der Waals surface area contributed by atoms with Crippen LogP contribution in [0.2, 0.25) is 0 Å². The lowest BCUT2D eigenvalue weighted by atomic mass is 10.0. The minimum Gasteiger partial charge on any atom is -0.228 e. The number of hydrogen-bond donors (Lipinski definition) is 1. The van der Waals surface area contributed by atoms with Crippen LogP contribution in [0, 0.1) is 5.92 Å². The van der Waals surface area contributed by atoms with E-state index in [1.165, 1.54) is 0 Å². The first kappa shape index (κ1) is 16.3. The third kappa shape index (κ3) is 8.49. The summed E-state index contributed by atoms with van der Waals surface area (Å²) in [6.45, 7) is 2.26. The van der Waals surface area contributed by atoms with Gasteiger partial charge in [-0.2, -0.15) is 0 Å². The molecule has 0 aliphatic rings. The third-order valence-corrected chi connectivity index (χ3v) is 6.07. The number of sulfonamides is 1. The van der Waals surface area contributed by atoms with Crippen LogP contribution in [0.25, 0.3) is 0 Å². The molecule has 0 amide bonds. The monoisotopic (exact) mass is 335 g/mol. The standard InChI is InChI=1S/C8H18BrNO4S2/c1-3-8(4-5-9)6-10-16(13,14)7-15(2,11)12/h8,10H,3-7H2,1-2H3. The number of nitrogens with one attached hydrogen (secondary N) is 1. The molecule has 0 saturated heterocycles.